The lowest BCUT2D eigenvalue weighted by atomic mass is 10.4. The second-order valence-electron chi connectivity index (χ2n) is 2.84. The predicted molar refractivity (Wildman–Crippen MR) is 51.9 cm³/mol. The molecule has 0 aliphatic carbocycles. The molecule has 76 valence electrons. The Hall–Kier alpha value is -1.69. The fourth-order valence-corrected chi connectivity index (χ4v) is 0.865. The Morgan fingerprint density at radius 1 is 1.57 bits per heavy atom. The second kappa shape index (κ2) is 5.13. The summed E-state index contributed by atoms with van der Waals surface area (Å²) in [6.07, 6.45) is 3.38. The molecule has 0 amide bonds. The molecule has 1 rings (SSSR count). The van der Waals surface area contributed by atoms with Gasteiger partial charge in [-0.25, -0.2) is 0 Å². The van der Waals surface area contributed by atoms with Crippen molar-refractivity contribution in [2.24, 2.45) is 10.9 Å². The minimum Gasteiger partial charge on any atom is -0.409 e. The first kappa shape index (κ1) is 10.4. The van der Waals surface area contributed by atoms with Crippen LogP contribution in [0.15, 0.2) is 17.5 Å². The van der Waals surface area contributed by atoms with Gasteiger partial charge in [0, 0.05) is 18.9 Å². The SMILES string of the molecule is Cc1cnc(CNCC(N)=NO)cn1. The summed E-state index contributed by atoms with van der Waals surface area (Å²) in [6.45, 7) is 2.75. The Balaban J connectivity index is 2.35. The van der Waals surface area contributed by atoms with Crippen molar-refractivity contribution in [3.63, 3.8) is 0 Å². The van der Waals surface area contributed by atoms with E-state index < -0.39 is 0 Å². The molecular weight excluding hydrogens is 182 g/mol. The lowest BCUT2D eigenvalue weighted by Crippen LogP contribution is -2.28. The highest BCUT2D eigenvalue weighted by molar-refractivity contribution is 5.81. The number of aromatic nitrogens is 2. The molecule has 0 unspecified atom stereocenters. The van der Waals surface area contributed by atoms with Crippen molar-refractivity contribution in [1.29, 1.82) is 0 Å². The van der Waals surface area contributed by atoms with E-state index in [1.54, 1.807) is 12.4 Å². The normalized spacial score (nSPS) is 11.6. The van der Waals surface area contributed by atoms with E-state index in [4.69, 9.17) is 10.9 Å². The zero-order valence-corrected chi connectivity index (χ0v) is 7.94. The third-order valence-corrected chi connectivity index (χ3v) is 1.58. The largest absolute Gasteiger partial charge is 0.409 e. The zero-order chi connectivity index (χ0) is 10.4. The first-order valence-corrected chi connectivity index (χ1v) is 4.17. The van der Waals surface area contributed by atoms with Crippen molar-refractivity contribution in [1.82, 2.24) is 15.3 Å². The van der Waals surface area contributed by atoms with Gasteiger partial charge in [0.15, 0.2) is 5.84 Å². The highest BCUT2D eigenvalue weighted by Crippen LogP contribution is 1.92. The molecule has 6 heteroatoms. The van der Waals surface area contributed by atoms with E-state index >= 15 is 0 Å². The Morgan fingerprint density at radius 2 is 2.36 bits per heavy atom. The Morgan fingerprint density at radius 3 is 2.93 bits per heavy atom. The molecule has 0 radical (unpaired) electrons. The van der Waals surface area contributed by atoms with Crippen molar-refractivity contribution in [2.75, 3.05) is 6.54 Å². The molecule has 0 aromatic carbocycles. The van der Waals surface area contributed by atoms with Crippen LogP contribution in [0.2, 0.25) is 0 Å². The van der Waals surface area contributed by atoms with Crippen molar-refractivity contribution < 1.29 is 5.21 Å². The Labute approximate surface area is 81.9 Å². The fourth-order valence-electron chi connectivity index (χ4n) is 0.865. The van der Waals surface area contributed by atoms with E-state index in [9.17, 15) is 0 Å². The van der Waals surface area contributed by atoms with Crippen LogP contribution in [0.3, 0.4) is 0 Å². The molecular formula is C8H13N5O. The molecule has 0 aliphatic rings. The molecule has 1 aromatic heterocycles. The van der Waals surface area contributed by atoms with Crippen molar-refractivity contribution in [3.8, 4) is 0 Å². The van der Waals surface area contributed by atoms with E-state index in [1.807, 2.05) is 6.92 Å². The highest BCUT2D eigenvalue weighted by Gasteiger charge is 1.96. The number of nitrogens with one attached hydrogen (secondary N) is 1. The van der Waals surface area contributed by atoms with Crippen LogP contribution in [-0.2, 0) is 6.54 Å². The van der Waals surface area contributed by atoms with Gasteiger partial charge in [-0.1, -0.05) is 5.16 Å². The molecule has 1 heterocycles. The minimum atomic E-state index is 0.144. The number of nitrogens with zero attached hydrogens (tertiary/aromatic N) is 3. The minimum absolute atomic E-state index is 0.144. The summed E-state index contributed by atoms with van der Waals surface area (Å²) in [5.41, 5.74) is 6.96. The van der Waals surface area contributed by atoms with Crippen LogP contribution in [0, 0.1) is 6.92 Å². The smallest absolute Gasteiger partial charge is 0.153 e. The van der Waals surface area contributed by atoms with Crippen LogP contribution in [0.5, 0.6) is 0 Å². The van der Waals surface area contributed by atoms with E-state index in [-0.39, 0.29) is 5.84 Å². The van der Waals surface area contributed by atoms with Crippen LogP contribution < -0.4 is 11.1 Å². The van der Waals surface area contributed by atoms with Crippen LogP contribution in [0.4, 0.5) is 0 Å². The Bertz CT molecular complexity index is 308. The van der Waals surface area contributed by atoms with Crippen LogP contribution in [0.25, 0.3) is 0 Å². The molecule has 0 atom stereocenters. The van der Waals surface area contributed by atoms with Crippen molar-refractivity contribution in [3.05, 3.63) is 23.8 Å². The summed E-state index contributed by atoms with van der Waals surface area (Å²) in [5, 5.41) is 14.0. The topological polar surface area (TPSA) is 96.4 Å². The monoisotopic (exact) mass is 195 g/mol. The second-order valence-corrected chi connectivity index (χ2v) is 2.84. The number of rotatable bonds is 4. The molecule has 0 saturated carbocycles. The summed E-state index contributed by atoms with van der Waals surface area (Å²) < 4.78 is 0. The summed E-state index contributed by atoms with van der Waals surface area (Å²) in [5.74, 6) is 0.144. The van der Waals surface area contributed by atoms with Gasteiger partial charge in [-0.15, -0.1) is 0 Å². The van der Waals surface area contributed by atoms with Crippen LogP contribution in [0.1, 0.15) is 11.4 Å². The summed E-state index contributed by atoms with van der Waals surface area (Å²) >= 11 is 0. The van der Waals surface area contributed by atoms with Gasteiger partial charge in [-0.2, -0.15) is 0 Å². The first-order chi connectivity index (χ1) is 6.72. The fraction of sp³-hybridized carbons (Fsp3) is 0.375. The van der Waals surface area contributed by atoms with Gasteiger partial charge in [0.2, 0.25) is 0 Å². The molecule has 4 N–H and O–H groups in total. The quantitative estimate of drug-likeness (QED) is 0.263. The average Bonchev–Trinajstić information content (AvgIpc) is 2.21. The molecule has 0 spiro atoms. The number of aryl methyl sites for hydroxylation is 1. The highest BCUT2D eigenvalue weighted by atomic mass is 16.4. The molecule has 0 fully saturated rings. The number of nitrogens with two attached hydrogens (primary N) is 1. The third-order valence-electron chi connectivity index (χ3n) is 1.58. The van der Waals surface area contributed by atoms with Gasteiger partial charge in [0.1, 0.15) is 0 Å². The summed E-state index contributed by atoms with van der Waals surface area (Å²) in [6, 6.07) is 0. The third kappa shape index (κ3) is 3.36. The predicted octanol–water partition coefficient (Wildman–Crippen LogP) is -0.379. The van der Waals surface area contributed by atoms with Gasteiger partial charge in [0.25, 0.3) is 0 Å². The molecule has 6 nitrogen and oxygen atoms in total. The van der Waals surface area contributed by atoms with Gasteiger partial charge in [-0.3, -0.25) is 9.97 Å². The lowest BCUT2D eigenvalue weighted by Gasteiger charge is -2.02. The zero-order valence-electron chi connectivity index (χ0n) is 7.94. The maximum atomic E-state index is 8.26. The average molecular weight is 195 g/mol. The van der Waals surface area contributed by atoms with E-state index in [2.05, 4.69) is 20.4 Å². The van der Waals surface area contributed by atoms with Gasteiger partial charge in [0.05, 0.1) is 17.9 Å². The number of hydrogen-bond acceptors (Lipinski definition) is 5. The van der Waals surface area contributed by atoms with Crippen molar-refractivity contribution >= 4 is 5.84 Å². The van der Waals surface area contributed by atoms with Gasteiger partial charge in [-0.05, 0) is 6.92 Å². The van der Waals surface area contributed by atoms with Crippen molar-refractivity contribution in [2.45, 2.75) is 13.5 Å². The van der Waals surface area contributed by atoms with Gasteiger partial charge < -0.3 is 16.3 Å². The first-order valence-electron chi connectivity index (χ1n) is 4.17. The van der Waals surface area contributed by atoms with E-state index in [1.165, 1.54) is 0 Å². The standard InChI is InChI=1S/C8H13N5O/c1-6-2-12-7(4-11-6)3-10-5-8(9)13-14/h2,4,10,14H,3,5H2,1H3,(H2,9,13). The maximum absolute atomic E-state index is 8.26. The van der Waals surface area contributed by atoms with Crippen LogP contribution >= 0.6 is 0 Å². The molecule has 0 saturated heterocycles. The van der Waals surface area contributed by atoms with Gasteiger partial charge >= 0.3 is 0 Å². The maximum Gasteiger partial charge on any atom is 0.153 e. The number of oxime groups is 1. The molecule has 14 heavy (non-hydrogen) atoms. The molecule has 0 bridgehead atoms. The molecule has 0 aliphatic heterocycles. The van der Waals surface area contributed by atoms with E-state index in [0.717, 1.165) is 11.4 Å². The number of hydrogen-bond donors (Lipinski definition) is 3. The molecule has 1 aromatic rings. The Kier molecular flexibility index (Phi) is 3.81. The number of amidine groups is 1. The van der Waals surface area contributed by atoms with E-state index in [0.29, 0.717) is 13.1 Å². The van der Waals surface area contributed by atoms with Crippen LogP contribution in [-0.4, -0.2) is 27.6 Å². The lowest BCUT2D eigenvalue weighted by molar-refractivity contribution is 0.317. The summed E-state index contributed by atoms with van der Waals surface area (Å²) in [7, 11) is 0. The summed E-state index contributed by atoms with van der Waals surface area (Å²) in [4.78, 5) is 8.22.